The Morgan fingerprint density at radius 1 is 1.24 bits per heavy atom. The largest absolute Gasteiger partial charge is 0.478 e. The Kier molecular flexibility index (Phi) is 3.94. The van der Waals surface area contributed by atoms with Crippen molar-refractivity contribution in [3.8, 4) is 0 Å². The Morgan fingerprint density at radius 2 is 1.90 bits per heavy atom. The summed E-state index contributed by atoms with van der Waals surface area (Å²) in [6, 6.07) is 10.1. The van der Waals surface area contributed by atoms with Crippen molar-refractivity contribution in [2.45, 2.75) is 0 Å². The minimum absolute atomic E-state index is 0.00234. The molecule has 0 aliphatic rings. The summed E-state index contributed by atoms with van der Waals surface area (Å²) >= 11 is 0. The number of nitrogen functional groups attached to an aromatic ring is 1. The van der Waals surface area contributed by atoms with Crippen molar-refractivity contribution in [2.75, 3.05) is 5.73 Å². The fourth-order valence-corrected chi connectivity index (χ4v) is 1.63. The summed E-state index contributed by atoms with van der Waals surface area (Å²) in [5, 5.41) is 19.4. The van der Waals surface area contributed by atoms with Gasteiger partial charge in [0.05, 0.1) is 21.9 Å². The summed E-state index contributed by atoms with van der Waals surface area (Å²) in [5.74, 6) is -1.06. The molecule has 0 amide bonds. The maximum absolute atomic E-state index is 10.8. The lowest BCUT2D eigenvalue weighted by atomic mass is 10.1. The highest BCUT2D eigenvalue weighted by Gasteiger charge is 2.06. The average molecular weight is 285 g/mol. The van der Waals surface area contributed by atoms with Gasteiger partial charge in [-0.1, -0.05) is 0 Å². The van der Waals surface area contributed by atoms with Crippen LogP contribution in [0.5, 0.6) is 0 Å². The van der Waals surface area contributed by atoms with E-state index < -0.39 is 10.9 Å². The van der Waals surface area contributed by atoms with E-state index in [1.54, 1.807) is 12.1 Å². The van der Waals surface area contributed by atoms with E-state index >= 15 is 0 Å². The molecule has 0 aliphatic heterocycles. The number of carboxylic acid groups (broad SMARTS) is 1. The van der Waals surface area contributed by atoms with Gasteiger partial charge in [0.15, 0.2) is 0 Å². The number of aliphatic imine (C=N–C) groups is 1. The minimum Gasteiger partial charge on any atom is -0.478 e. The molecule has 0 aliphatic carbocycles. The highest BCUT2D eigenvalue weighted by molar-refractivity contribution is 5.91. The number of anilines is 1. The van der Waals surface area contributed by atoms with Crippen molar-refractivity contribution in [1.29, 1.82) is 0 Å². The standard InChI is InChI=1S/C14H11N3O4/c15-12-7-10(14(18)19)3-6-13(12)16-8-9-1-4-11(5-2-9)17(20)21/h1-8H,15H2,(H,18,19). The number of nitro benzene ring substituents is 1. The molecule has 3 N–H and O–H groups in total. The number of nitrogens with zero attached hydrogens (tertiary/aromatic N) is 2. The first-order chi connectivity index (χ1) is 9.97. The van der Waals surface area contributed by atoms with E-state index in [1.165, 1.54) is 36.5 Å². The van der Waals surface area contributed by atoms with Crippen molar-refractivity contribution < 1.29 is 14.8 Å². The number of hydrogen-bond acceptors (Lipinski definition) is 5. The van der Waals surface area contributed by atoms with Crippen LogP contribution in [-0.4, -0.2) is 22.2 Å². The van der Waals surface area contributed by atoms with Crippen LogP contribution in [0.2, 0.25) is 0 Å². The molecule has 7 heteroatoms. The number of carbonyl (C=O) groups is 1. The van der Waals surface area contributed by atoms with Crippen LogP contribution >= 0.6 is 0 Å². The van der Waals surface area contributed by atoms with Gasteiger partial charge in [0, 0.05) is 18.3 Å². The van der Waals surface area contributed by atoms with E-state index in [2.05, 4.69) is 4.99 Å². The smallest absolute Gasteiger partial charge is 0.335 e. The minimum atomic E-state index is -1.06. The number of aromatic carboxylic acids is 1. The van der Waals surface area contributed by atoms with Gasteiger partial charge in [-0.05, 0) is 35.9 Å². The van der Waals surface area contributed by atoms with Gasteiger partial charge in [0.1, 0.15) is 0 Å². The number of nitrogens with two attached hydrogens (primary N) is 1. The van der Waals surface area contributed by atoms with Crippen LogP contribution in [0.3, 0.4) is 0 Å². The summed E-state index contributed by atoms with van der Waals surface area (Å²) in [7, 11) is 0. The third-order valence-corrected chi connectivity index (χ3v) is 2.73. The van der Waals surface area contributed by atoms with Crippen molar-refractivity contribution in [3.05, 3.63) is 63.7 Å². The SMILES string of the molecule is Nc1cc(C(=O)O)ccc1N=Cc1ccc([N+](=O)[O-])cc1. The molecule has 106 valence electrons. The van der Waals surface area contributed by atoms with Gasteiger partial charge in [-0.15, -0.1) is 0 Å². The number of nitro groups is 1. The summed E-state index contributed by atoms with van der Waals surface area (Å²) < 4.78 is 0. The second-order valence-electron chi connectivity index (χ2n) is 4.19. The third kappa shape index (κ3) is 3.41. The first-order valence-electron chi connectivity index (χ1n) is 5.89. The molecule has 0 saturated heterocycles. The van der Waals surface area contributed by atoms with Crippen molar-refractivity contribution in [2.24, 2.45) is 4.99 Å². The molecule has 0 saturated carbocycles. The molecule has 0 aromatic heterocycles. The van der Waals surface area contributed by atoms with Crippen molar-refractivity contribution >= 4 is 29.2 Å². The lowest BCUT2D eigenvalue weighted by Gasteiger charge is -2.01. The molecule has 21 heavy (non-hydrogen) atoms. The van der Waals surface area contributed by atoms with Gasteiger partial charge in [-0.25, -0.2) is 4.79 Å². The molecule has 0 radical (unpaired) electrons. The van der Waals surface area contributed by atoms with Gasteiger partial charge < -0.3 is 10.8 Å². The Labute approximate surface area is 119 Å². The lowest BCUT2D eigenvalue weighted by molar-refractivity contribution is -0.384. The quantitative estimate of drug-likeness (QED) is 0.387. The number of carboxylic acids is 1. The van der Waals surface area contributed by atoms with Crippen LogP contribution in [0.15, 0.2) is 47.5 Å². The van der Waals surface area contributed by atoms with Gasteiger partial charge in [-0.2, -0.15) is 0 Å². The van der Waals surface area contributed by atoms with Crippen molar-refractivity contribution in [1.82, 2.24) is 0 Å². The van der Waals surface area contributed by atoms with Gasteiger partial charge in [0.25, 0.3) is 5.69 Å². The molecule has 2 rings (SSSR count). The summed E-state index contributed by atoms with van der Waals surface area (Å²) in [5.41, 5.74) is 7.14. The third-order valence-electron chi connectivity index (χ3n) is 2.73. The van der Waals surface area contributed by atoms with Gasteiger partial charge in [0.2, 0.25) is 0 Å². The molecular weight excluding hydrogens is 274 g/mol. The zero-order valence-electron chi connectivity index (χ0n) is 10.8. The maximum atomic E-state index is 10.8. The first-order valence-corrected chi connectivity index (χ1v) is 5.89. The molecule has 2 aromatic rings. The van der Waals surface area contributed by atoms with Gasteiger partial charge in [-0.3, -0.25) is 15.1 Å². The average Bonchev–Trinajstić information content (AvgIpc) is 2.46. The normalized spacial score (nSPS) is 10.7. The van der Waals surface area contributed by atoms with E-state index in [1.807, 2.05) is 0 Å². The molecule has 0 unspecified atom stereocenters. The van der Waals surface area contributed by atoms with Gasteiger partial charge >= 0.3 is 5.97 Å². The zero-order chi connectivity index (χ0) is 15.4. The van der Waals surface area contributed by atoms with Crippen LogP contribution in [0, 0.1) is 10.1 Å². The first kappa shape index (κ1) is 14.2. The van der Waals surface area contributed by atoms with E-state index in [9.17, 15) is 14.9 Å². The van der Waals surface area contributed by atoms with E-state index in [0.717, 1.165) is 0 Å². The number of rotatable bonds is 4. The molecule has 0 fully saturated rings. The summed E-state index contributed by atoms with van der Waals surface area (Å²) in [6.07, 6.45) is 1.50. The van der Waals surface area contributed by atoms with Crippen LogP contribution in [0.1, 0.15) is 15.9 Å². The molecule has 0 spiro atoms. The highest BCUT2D eigenvalue weighted by atomic mass is 16.6. The number of benzene rings is 2. The number of non-ortho nitro benzene ring substituents is 1. The molecule has 0 bridgehead atoms. The Bertz CT molecular complexity index is 723. The second kappa shape index (κ2) is 5.83. The van der Waals surface area contributed by atoms with Crippen molar-refractivity contribution in [3.63, 3.8) is 0 Å². The van der Waals surface area contributed by atoms with Crippen LogP contribution in [0.25, 0.3) is 0 Å². The zero-order valence-corrected chi connectivity index (χ0v) is 10.8. The maximum Gasteiger partial charge on any atom is 0.335 e. The Balaban J connectivity index is 2.21. The van der Waals surface area contributed by atoms with Crippen LogP contribution in [-0.2, 0) is 0 Å². The highest BCUT2D eigenvalue weighted by Crippen LogP contribution is 2.23. The summed E-state index contributed by atoms with van der Waals surface area (Å²) in [6.45, 7) is 0. The molecule has 7 nitrogen and oxygen atoms in total. The Hall–Kier alpha value is -3.22. The molecule has 2 aromatic carbocycles. The predicted octanol–water partition coefficient (Wildman–Crippen LogP) is 2.63. The predicted molar refractivity (Wildman–Crippen MR) is 78.2 cm³/mol. The topological polar surface area (TPSA) is 119 Å². The fraction of sp³-hybridized carbons (Fsp3) is 0. The monoisotopic (exact) mass is 285 g/mol. The lowest BCUT2D eigenvalue weighted by Crippen LogP contribution is -1.97. The number of hydrogen-bond donors (Lipinski definition) is 2. The van der Waals surface area contributed by atoms with E-state index in [-0.39, 0.29) is 16.9 Å². The fourth-order valence-electron chi connectivity index (χ4n) is 1.63. The summed E-state index contributed by atoms with van der Waals surface area (Å²) in [4.78, 5) is 25.0. The van der Waals surface area contributed by atoms with Crippen LogP contribution in [0.4, 0.5) is 17.1 Å². The molecule has 0 atom stereocenters. The second-order valence-corrected chi connectivity index (χ2v) is 4.19. The Morgan fingerprint density at radius 3 is 2.43 bits per heavy atom. The van der Waals surface area contributed by atoms with E-state index in [4.69, 9.17) is 10.8 Å². The molecular formula is C14H11N3O4. The van der Waals surface area contributed by atoms with E-state index in [0.29, 0.717) is 11.3 Å². The van der Waals surface area contributed by atoms with Crippen LogP contribution < -0.4 is 5.73 Å². The molecule has 0 heterocycles.